The molecule has 3 aromatic rings. The van der Waals surface area contributed by atoms with E-state index in [0.717, 1.165) is 12.1 Å². The second-order valence-electron chi connectivity index (χ2n) is 5.62. The van der Waals surface area contributed by atoms with Crippen molar-refractivity contribution in [1.29, 1.82) is 0 Å². The van der Waals surface area contributed by atoms with E-state index >= 15 is 0 Å². The number of rotatable bonds is 3. The van der Waals surface area contributed by atoms with Gasteiger partial charge in [0.15, 0.2) is 0 Å². The number of pyridine rings is 1. The number of carbonyl (C=O) groups excluding carboxylic acids is 3. The van der Waals surface area contributed by atoms with Crippen LogP contribution >= 0.6 is 0 Å². The first-order valence-corrected chi connectivity index (χ1v) is 8.61. The summed E-state index contributed by atoms with van der Waals surface area (Å²) in [6.07, 6.45) is 3.34. The van der Waals surface area contributed by atoms with Gasteiger partial charge in [-0.3, -0.25) is 9.78 Å². The number of benzene rings is 2. The maximum atomic E-state index is 13.5. The fourth-order valence-electron chi connectivity index (χ4n) is 2.16. The number of hydrogen-bond acceptors (Lipinski definition) is 7. The molecule has 0 spiro atoms. The van der Waals surface area contributed by atoms with Crippen molar-refractivity contribution in [2.24, 2.45) is 0 Å². The van der Waals surface area contributed by atoms with E-state index in [0.29, 0.717) is 11.7 Å². The Bertz CT molecular complexity index is 1080. The van der Waals surface area contributed by atoms with E-state index < -0.39 is 23.6 Å². The Morgan fingerprint density at radius 2 is 1.58 bits per heavy atom. The zero-order valence-corrected chi connectivity index (χ0v) is 16.8. The molecule has 0 atom stereocenters. The number of nitrogens with two attached hydrogens (primary N) is 1. The Labute approximate surface area is 177 Å². The number of aromatic nitrogens is 1. The van der Waals surface area contributed by atoms with Gasteiger partial charge in [0.1, 0.15) is 23.4 Å². The second-order valence-corrected chi connectivity index (χ2v) is 5.62. The molecule has 0 fully saturated rings. The normalized spacial score (nSPS) is 9.29. The summed E-state index contributed by atoms with van der Waals surface area (Å²) in [5.41, 5.74) is 5.82. The lowest BCUT2D eigenvalue weighted by Crippen LogP contribution is -2.02. The Balaban J connectivity index is 0.000000270. The number of nitrogen functional groups attached to an aromatic ring is 1. The molecule has 0 aliphatic carbocycles. The molecule has 31 heavy (non-hydrogen) atoms. The van der Waals surface area contributed by atoms with Gasteiger partial charge >= 0.3 is 11.9 Å². The number of ether oxygens (including phenoxy) is 2. The summed E-state index contributed by atoms with van der Waals surface area (Å²) in [5, 5.41) is 0.581. The quantitative estimate of drug-likeness (QED) is 0.292. The standard InChI is InChI=1S/C11H8FNO2.C8H8FNO2.C3H4O/c1-15-11(14)8-5-7-3-2-4-13-10(7)9(12)6-8;1-12-8(11)5-2-3-7(10)6(9)4-5;1-2-3-4/h2-6H,1H3;2-4H,10H2,1H3;2-3H,1H2. The fourth-order valence-corrected chi connectivity index (χ4v) is 2.16. The summed E-state index contributed by atoms with van der Waals surface area (Å²) >= 11 is 0. The van der Waals surface area contributed by atoms with Crippen molar-refractivity contribution in [3.05, 3.63) is 84.1 Å². The third kappa shape index (κ3) is 7.32. The SMILES string of the molecule is C=CC=O.COC(=O)c1cc(F)c2ncccc2c1.COC(=O)c1ccc(N)c(F)c1. The van der Waals surface area contributed by atoms with Crippen LogP contribution in [0.15, 0.2) is 61.3 Å². The van der Waals surface area contributed by atoms with Gasteiger partial charge in [-0.1, -0.05) is 12.6 Å². The van der Waals surface area contributed by atoms with Gasteiger partial charge in [-0.2, -0.15) is 0 Å². The molecule has 1 heterocycles. The fraction of sp³-hybridized carbons (Fsp3) is 0.0909. The predicted octanol–water partition coefficient (Wildman–Crippen LogP) is 3.73. The number of methoxy groups -OCH3 is 2. The third-order valence-corrected chi connectivity index (χ3v) is 3.60. The number of nitrogens with zero attached hydrogens (tertiary/aromatic N) is 1. The molecule has 1 aromatic heterocycles. The Kier molecular flexibility index (Phi) is 9.98. The van der Waals surface area contributed by atoms with E-state index in [2.05, 4.69) is 21.0 Å². The van der Waals surface area contributed by atoms with Crippen molar-refractivity contribution in [3.63, 3.8) is 0 Å². The largest absolute Gasteiger partial charge is 0.465 e. The molecule has 3 rings (SSSR count). The maximum absolute atomic E-state index is 13.5. The average Bonchev–Trinajstić information content (AvgIpc) is 2.80. The number of hydrogen-bond donors (Lipinski definition) is 1. The summed E-state index contributed by atoms with van der Waals surface area (Å²) in [5.74, 6) is -2.26. The van der Waals surface area contributed by atoms with E-state index in [-0.39, 0.29) is 22.3 Å². The van der Waals surface area contributed by atoms with E-state index in [1.165, 1.54) is 38.6 Å². The lowest BCUT2D eigenvalue weighted by atomic mass is 10.1. The van der Waals surface area contributed by atoms with Gasteiger partial charge < -0.3 is 15.2 Å². The van der Waals surface area contributed by atoms with E-state index in [1.807, 2.05) is 0 Å². The van der Waals surface area contributed by atoms with Crippen LogP contribution in [0.1, 0.15) is 20.7 Å². The molecule has 7 nitrogen and oxygen atoms in total. The van der Waals surface area contributed by atoms with Gasteiger partial charge in [-0.15, -0.1) is 0 Å². The first-order chi connectivity index (χ1) is 14.8. The van der Waals surface area contributed by atoms with E-state index in [1.54, 1.807) is 18.2 Å². The number of allylic oxidation sites excluding steroid dienone is 1. The number of esters is 2. The molecule has 0 unspecified atom stereocenters. The molecule has 2 N–H and O–H groups in total. The minimum Gasteiger partial charge on any atom is -0.465 e. The summed E-state index contributed by atoms with van der Waals surface area (Å²) in [4.78, 5) is 35.0. The lowest BCUT2D eigenvalue weighted by molar-refractivity contribution is -0.104. The topological polar surface area (TPSA) is 109 Å². The molecular formula is C22H20F2N2O5. The van der Waals surface area contributed by atoms with Crippen molar-refractivity contribution in [2.75, 3.05) is 20.0 Å². The van der Waals surface area contributed by atoms with Gasteiger partial charge in [0, 0.05) is 11.6 Å². The maximum Gasteiger partial charge on any atom is 0.337 e. The molecule has 0 aliphatic heterocycles. The number of halogens is 2. The van der Waals surface area contributed by atoms with Crippen LogP contribution in [0.3, 0.4) is 0 Å². The van der Waals surface area contributed by atoms with Gasteiger partial charge in [0.25, 0.3) is 0 Å². The molecule has 0 bridgehead atoms. The molecule has 0 saturated heterocycles. The van der Waals surface area contributed by atoms with Crippen molar-refractivity contribution in [1.82, 2.24) is 4.98 Å². The van der Waals surface area contributed by atoms with Crippen molar-refractivity contribution in [3.8, 4) is 0 Å². The van der Waals surface area contributed by atoms with Crippen LogP contribution in [0.2, 0.25) is 0 Å². The molecule has 0 amide bonds. The monoisotopic (exact) mass is 430 g/mol. The van der Waals surface area contributed by atoms with Crippen LogP contribution in [-0.4, -0.2) is 37.4 Å². The van der Waals surface area contributed by atoms with Gasteiger partial charge in [0.2, 0.25) is 0 Å². The molecule has 0 radical (unpaired) electrons. The highest BCUT2D eigenvalue weighted by atomic mass is 19.1. The average molecular weight is 430 g/mol. The zero-order chi connectivity index (χ0) is 23.4. The summed E-state index contributed by atoms with van der Waals surface area (Å²) < 4.78 is 35.1. The second kappa shape index (κ2) is 12.4. The van der Waals surface area contributed by atoms with Crippen LogP contribution in [0.4, 0.5) is 14.5 Å². The van der Waals surface area contributed by atoms with Gasteiger partial charge in [0.05, 0.1) is 31.0 Å². The number of anilines is 1. The lowest BCUT2D eigenvalue weighted by Gasteiger charge is -2.02. The highest BCUT2D eigenvalue weighted by Gasteiger charge is 2.10. The van der Waals surface area contributed by atoms with Gasteiger partial charge in [-0.25, -0.2) is 18.4 Å². The first-order valence-electron chi connectivity index (χ1n) is 8.61. The summed E-state index contributed by atoms with van der Waals surface area (Å²) in [7, 11) is 2.49. The van der Waals surface area contributed by atoms with Crippen molar-refractivity contribution < 1.29 is 32.6 Å². The molecule has 2 aromatic carbocycles. The predicted molar refractivity (Wildman–Crippen MR) is 111 cm³/mol. The minimum atomic E-state index is -0.613. The number of aldehydes is 1. The van der Waals surface area contributed by atoms with E-state index in [9.17, 15) is 18.4 Å². The van der Waals surface area contributed by atoms with Crippen molar-refractivity contribution >= 4 is 34.8 Å². The molecule has 0 aliphatic rings. The molecule has 0 saturated carbocycles. The van der Waals surface area contributed by atoms with Crippen LogP contribution in [-0.2, 0) is 14.3 Å². The van der Waals surface area contributed by atoms with Crippen LogP contribution < -0.4 is 5.73 Å². The van der Waals surface area contributed by atoms with Crippen molar-refractivity contribution in [2.45, 2.75) is 0 Å². The first kappa shape index (κ1) is 24.9. The summed E-state index contributed by atoms with van der Waals surface area (Å²) in [6, 6.07) is 9.83. The Morgan fingerprint density at radius 1 is 1.00 bits per heavy atom. The molecule has 162 valence electrons. The molecular weight excluding hydrogens is 410 g/mol. The van der Waals surface area contributed by atoms with Gasteiger partial charge in [-0.05, 0) is 42.5 Å². The Hall–Kier alpha value is -4.14. The zero-order valence-electron chi connectivity index (χ0n) is 16.8. The minimum absolute atomic E-state index is 0.0163. The highest BCUT2D eigenvalue weighted by Crippen LogP contribution is 2.18. The summed E-state index contributed by atoms with van der Waals surface area (Å²) in [6.45, 7) is 3.11. The molecule has 9 heteroatoms. The highest BCUT2D eigenvalue weighted by molar-refractivity contribution is 5.94. The van der Waals surface area contributed by atoms with Crippen LogP contribution in [0, 0.1) is 11.6 Å². The van der Waals surface area contributed by atoms with Crippen LogP contribution in [0.25, 0.3) is 10.9 Å². The Morgan fingerprint density at radius 3 is 2.13 bits per heavy atom. The number of carbonyl (C=O) groups is 3. The smallest absolute Gasteiger partial charge is 0.337 e. The van der Waals surface area contributed by atoms with Crippen LogP contribution in [0.5, 0.6) is 0 Å². The third-order valence-electron chi connectivity index (χ3n) is 3.60. The number of fused-ring (bicyclic) bond motifs is 1. The van der Waals surface area contributed by atoms with E-state index in [4.69, 9.17) is 10.5 Å².